The molecule has 0 unspecified atom stereocenters. The van der Waals surface area contributed by atoms with E-state index in [2.05, 4.69) is 17.2 Å². The lowest BCUT2D eigenvalue weighted by molar-refractivity contribution is -0.114. The van der Waals surface area contributed by atoms with Crippen molar-refractivity contribution in [1.82, 2.24) is 0 Å². The van der Waals surface area contributed by atoms with E-state index in [0.717, 1.165) is 27.9 Å². The van der Waals surface area contributed by atoms with Gasteiger partial charge in [-0.25, -0.2) is 0 Å². The second-order valence-corrected chi connectivity index (χ2v) is 5.56. The molecule has 3 aromatic rings. The minimum absolute atomic E-state index is 0.103. The highest BCUT2D eigenvalue weighted by Gasteiger charge is 2.06. The molecule has 0 saturated heterocycles. The van der Waals surface area contributed by atoms with E-state index in [1.165, 1.54) is 0 Å². The van der Waals surface area contributed by atoms with Crippen LogP contribution in [0.15, 0.2) is 79.4 Å². The van der Waals surface area contributed by atoms with E-state index in [0.29, 0.717) is 6.61 Å². The summed E-state index contributed by atoms with van der Waals surface area (Å²) in [5, 5.41) is 8.19. The molecular formula is C21H20N2O2. The molecule has 0 aliphatic rings. The first-order chi connectivity index (χ1) is 12.3. The van der Waals surface area contributed by atoms with Crippen molar-refractivity contribution in [2.45, 2.75) is 0 Å². The molecule has 0 atom stereocenters. The maximum absolute atomic E-state index is 12.3. The lowest BCUT2D eigenvalue weighted by atomic mass is 10.1. The van der Waals surface area contributed by atoms with Crippen molar-refractivity contribution in [2.75, 3.05) is 23.8 Å². The summed E-state index contributed by atoms with van der Waals surface area (Å²) >= 11 is 0. The lowest BCUT2D eigenvalue weighted by Crippen LogP contribution is -2.21. The fraction of sp³-hybridized carbons (Fsp3) is 0.0952. The zero-order chi connectivity index (χ0) is 17.5. The van der Waals surface area contributed by atoms with Gasteiger partial charge in [0.05, 0.1) is 6.54 Å². The predicted octanol–water partition coefficient (Wildman–Crippen LogP) is 4.46. The Morgan fingerprint density at radius 1 is 1.04 bits per heavy atom. The fourth-order valence-corrected chi connectivity index (χ4v) is 2.56. The van der Waals surface area contributed by atoms with E-state index in [9.17, 15) is 4.79 Å². The maximum Gasteiger partial charge on any atom is 0.243 e. The Morgan fingerprint density at radius 3 is 2.72 bits per heavy atom. The highest BCUT2D eigenvalue weighted by molar-refractivity contribution is 6.03. The number of hydrogen-bond acceptors (Lipinski definition) is 3. The molecular weight excluding hydrogens is 312 g/mol. The lowest BCUT2D eigenvalue weighted by Gasteiger charge is -2.11. The van der Waals surface area contributed by atoms with Crippen LogP contribution < -0.4 is 15.4 Å². The molecule has 0 fully saturated rings. The highest BCUT2D eigenvalue weighted by Crippen LogP contribution is 2.23. The van der Waals surface area contributed by atoms with Crippen LogP contribution in [0.25, 0.3) is 10.8 Å². The molecule has 0 aliphatic carbocycles. The molecule has 0 radical (unpaired) electrons. The van der Waals surface area contributed by atoms with E-state index in [1.807, 2.05) is 66.7 Å². The zero-order valence-corrected chi connectivity index (χ0v) is 13.9. The molecule has 4 nitrogen and oxygen atoms in total. The summed E-state index contributed by atoms with van der Waals surface area (Å²) in [6, 6.07) is 21.3. The summed E-state index contributed by atoms with van der Waals surface area (Å²) in [6.45, 7) is 4.25. The van der Waals surface area contributed by atoms with Crippen LogP contribution in [0.2, 0.25) is 0 Å². The van der Waals surface area contributed by atoms with Gasteiger partial charge in [0, 0.05) is 22.8 Å². The molecule has 0 bridgehead atoms. The minimum Gasteiger partial charge on any atom is -0.489 e. The topological polar surface area (TPSA) is 50.4 Å². The van der Waals surface area contributed by atoms with Crippen LogP contribution in [0.3, 0.4) is 0 Å². The Morgan fingerprint density at radius 2 is 1.84 bits per heavy atom. The molecule has 25 heavy (non-hydrogen) atoms. The van der Waals surface area contributed by atoms with E-state index in [4.69, 9.17) is 4.74 Å². The van der Waals surface area contributed by atoms with Crippen molar-refractivity contribution in [2.24, 2.45) is 0 Å². The Hall–Kier alpha value is -3.27. The predicted molar refractivity (Wildman–Crippen MR) is 103 cm³/mol. The first kappa shape index (κ1) is 16.6. The van der Waals surface area contributed by atoms with Gasteiger partial charge in [-0.1, -0.05) is 55.1 Å². The summed E-state index contributed by atoms with van der Waals surface area (Å²) in [4.78, 5) is 12.3. The van der Waals surface area contributed by atoms with Crippen LogP contribution in [0.4, 0.5) is 11.4 Å². The normalized spacial score (nSPS) is 10.2. The van der Waals surface area contributed by atoms with Crippen LogP contribution in [-0.4, -0.2) is 19.1 Å². The number of amides is 1. The monoisotopic (exact) mass is 332 g/mol. The fourth-order valence-electron chi connectivity index (χ4n) is 2.56. The first-order valence-electron chi connectivity index (χ1n) is 8.11. The van der Waals surface area contributed by atoms with Gasteiger partial charge < -0.3 is 15.4 Å². The van der Waals surface area contributed by atoms with Crippen LogP contribution in [0, 0.1) is 0 Å². The number of ether oxygens (including phenoxy) is 1. The second kappa shape index (κ2) is 8.02. The van der Waals surface area contributed by atoms with Crippen LogP contribution in [0.5, 0.6) is 5.75 Å². The number of nitrogens with one attached hydrogen (secondary N) is 2. The molecule has 0 saturated carbocycles. The largest absolute Gasteiger partial charge is 0.489 e. The average Bonchev–Trinajstić information content (AvgIpc) is 2.65. The van der Waals surface area contributed by atoms with Crippen LogP contribution in [0.1, 0.15) is 0 Å². The molecule has 126 valence electrons. The SMILES string of the molecule is C=CCOc1cccc(NCC(=O)Nc2cccc3ccccc23)c1. The molecule has 0 aliphatic heterocycles. The Labute approximate surface area is 147 Å². The highest BCUT2D eigenvalue weighted by atomic mass is 16.5. The molecule has 0 aromatic heterocycles. The average molecular weight is 332 g/mol. The summed E-state index contributed by atoms with van der Waals surface area (Å²) in [5.41, 5.74) is 1.64. The Balaban J connectivity index is 1.62. The molecule has 0 heterocycles. The number of benzene rings is 3. The maximum atomic E-state index is 12.3. The third-order valence-electron chi connectivity index (χ3n) is 3.72. The van der Waals surface area contributed by atoms with Crippen molar-refractivity contribution >= 4 is 28.1 Å². The third kappa shape index (κ3) is 4.38. The smallest absolute Gasteiger partial charge is 0.243 e. The summed E-state index contributed by atoms with van der Waals surface area (Å²) in [7, 11) is 0. The number of rotatable bonds is 7. The van der Waals surface area contributed by atoms with Gasteiger partial charge in [-0.05, 0) is 23.6 Å². The van der Waals surface area contributed by atoms with Gasteiger partial charge in [-0.3, -0.25) is 4.79 Å². The molecule has 3 aromatic carbocycles. The van der Waals surface area contributed by atoms with Gasteiger partial charge in [-0.2, -0.15) is 0 Å². The quantitative estimate of drug-likeness (QED) is 0.628. The van der Waals surface area contributed by atoms with Crippen molar-refractivity contribution in [3.63, 3.8) is 0 Å². The number of hydrogen-bond donors (Lipinski definition) is 2. The molecule has 0 spiro atoms. The third-order valence-corrected chi connectivity index (χ3v) is 3.72. The summed E-state index contributed by atoms with van der Waals surface area (Å²) in [6.07, 6.45) is 1.69. The van der Waals surface area contributed by atoms with Crippen LogP contribution >= 0.6 is 0 Å². The standard InChI is InChI=1S/C21H20N2O2/c1-2-13-25-18-10-6-9-17(14-18)22-15-21(24)23-20-12-5-8-16-7-3-4-11-19(16)20/h2-12,14,22H,1,13,15H2,(H,23,24). The van der Waals surface area contributed by atoms with Gasteiger partial charge in [0.15, 0.2) is 0 Å². The van der Waals surface area contributed by atoms with Crippen molar-refractivity contribution in [1.29, 1.82) is 0 Å². The molecule has 3 rings (SSSR count). The number of carbonyl (C=O) groups is 1. The van der Waals surface area contributed by atoms with Gasteiger partial charge in [0.2, 0.25) is 5.91 Å². The van der Waals surface area contributed by atoms with Crippen LogP contribution in [-0.2, 0) is 4.79 Å². The van der Waals surface area contributed by atoms with Crippen molar-refractivity contribution < 1.29 is 9.53 Å². The van der Waals surface area contributed by atoms with Crippen molar-refractivity contribution in [3.8, 4) is 5.75 Å². The summed E-state index contributed by atoms with van der Waals surface area (Å²) in [5.74, 6) is 0.633. The number of anilines is 2. The van der Waals surface area contributed by atoms with E-state index in [1.54, 1.807) is 6.08 Å². The summed E-state index contributed by atoms with van der Waals surface area (Å²) < 4.78 is 5.49. The zero-order valence-electron chi connectivity index (χ0n) is 13.9. The molecule has 4 heteroatoms. The Bertz CT molecular complexity index is 884. The van der Waals surface area contributed by atoms with Crippen molar-refractivity contribution in [3.05, 3.63) is 79.4 Å². The van der Waals surface area contributed by atoms with E-state index < -0.39 is 0 Å². The molecule has 1 amide bonds. The van der Waals surface area contributed by atoms with Gasteiger partial charge >= 0.3 is 0 Å². The van der Waals surface area contributed by atoms with Gasteiger partial charge in [-0.15, -0.1) is 0 Å². The van der Waals surface area contributed by atoms with E-state index >= 15 is 0 Å². The number of fused-ring (bicyclic) bond motifs is 1. The second-order valence-electron chi connectivity index (χ2n) is 5.56. The van der Waals surface area contributed by atoms with Gasteiger partial charge in [0.25, 0.3) is 0 Å². The number of carbonyl (C=O) groups excluding carboxylic acids is 1. The van der Waals surface area contributed by atoms with E-state index in [-0.39, 0.29) is 12.5 Å². The minimum atomic E-state index is -0.103. The first-order valence-corrected chi connectivity index (χ1v) is 8.11. The van der Waals surface area contributed by atoms with Gasteiger partial charge in [0.1, 0.15) is 12.4 Å². The molecule has 2 N–H and O–H groups in total. The Kier molecular flexibility index (Phi) is 5.32.